The van der Waals surface area contributed by atoms with Gasteiger partial charge in [-0.05, 0) is 36.2 Å². The van der Waals surface area contributed by atoms with Gasteiger partial charge in [-0.15, -0.1) is 0 Å². The summed E-state index contributed by atoms with van der Waals surface area (Å²) < 4.78 is 30.9. The molecule has 1 fully saturated rings. The zero-order chi connectivity index (χ0) is 23.1. The van der Waals surface area contributed by atoms with Crippen LogP contribution in [0.3, 0.4) is 0 Å². The Labute approximate surface area is 182 Å². The zero-order valence-electron chi connectivity index (χ0n) is 17.0. The Morgan fingerprint density at radius 3 is 2.41 bits per heavy atom. The third-order valence-electron chi connectivity index (χ3n) is 4.72. The van der Waals surface area contributed by atoms with Crippen LogP contribution in [0.4, 0.5) is 14.5 Å². The second-order valence-electron chi connectivity index (χ2n) is 7.15. The van der Waals surface area contributed by atoms with Crippen molar-refractivity contribution < 1.29 is 32.7 Å². The van der Waals surface area contributed by atoms with Gasteiger partial charge in [0.15, 0.2) is 18.2 Å². The predicted octanol–water partition coefficient (Wildman–Crippen LogP) is 2.00. The molecule has 0 aliphatic carbocycles. The van der Waals surface area contributed by atoms with Crippen molar-refractivity contribution in [3.05, 3.63) is 65.2 Å². The van der Waals surface area contributed by atoms with Crippen molar-refractivity contribution in [1.29, 1.82) is 0 Å². The second-order valence-corrected chi connectivity index (χ2v) is 7.15. The highest BCUT2D eigenvalue weighted by Crippen LogP contribution is 2.15. The first-order valence-electron chi connectivity index (χ1n) is 9.87. The molecule has 0 bridgehead atoms. The summed E-state index contributed by atoms with van der Waals surface area (Å²) in [7, 11) is 0. The van der Waals surface area contributed by atoms with E-state index in [0.29, 0.717) is 13.0 Å². The number of carbonyl (C=O) groups is 4. The van der Waals surface area contributed by atoms with Gasteiger partial charge in [0.05, 0.1) is 12.1 Å². The molecule has 2 N–H and O–H groups in total. The summed E-state index contributed by atoms with van der Waals surface area (Å²) in [5.74, 6) is -4.13. The highest BCUT2D eigenvalue weighted by Gasteiger charge is 2.20. The fourth-order valence-corrected chi connectivity index (χ4v) is 3.06. The number of rotatable bonds is 8. The summed E-state index contributed by atoms with van der Waals surface area (Å²) in [6.07, 6.45) is 1.40. The number of anilines is 1. The SMILES string of the molecule is O=C(COC(=O)c1ccc(CN2CCCC2=O)cc1)NCC(=O)Nc1ccc(F)c(F)c1. The van der Waals surface area contributed by atoms with Crippen molar-refractivity contribution in [3.63, 3.8) is 0 Å². The molecule has 1 aliphatic heterocycles. The molecule has 32 heavy (non-hydrogen) atoms. The van der Waals surface area contributed by atoms with Crippen LogP contribution in [0.15, 0.2) is 42.5 Å². The number of carbonyl (C=O) groups excluding carboxylic acids is 4. The molecule has 8 nitrogen and oxygen atoms in total. The molecular formula is C22H21F2N3O5. The van der Waals surface area contributed by atoms with Crippen LogP contribution in [-0.2, 0) is 25.7 Å². The third kappa shape index (κ3) is 6.34. The molecule has 2 aromatic carbocycles. The van der Waals surface area contributed by atoms with Crippen molar-refractivity contribution in [1.82, 2.24) is 10.2 Å². The maximum absolute atomic E-state index is 13.1. The summed E-state index contributed by atoms with van der Waals surface area (Å²) in [5.41, 5.74) is 1.15. The number of esters is 1. The van der Waals surface area contributed by atoms with Crippen LogP contribution in [0.25, 0.3) is 0 Å². The molecule has 3 rings (SSSR count). The van der Waals surface area contributed by atoms with E-state index in [1.807, 2.05) is 0 Å². The van der Waals surface area contributed by atoms with Gasteiger partial charge >= 0.3 is 5.97 Å². The van der Waals surface area contributed by atoms with Gasteiger partial charge in [-0.1, -0.05) is 12.1 Å². The van der Waals surface area contributed by atoms with E-state index in [0.717, 1.165) is 30.7 Å². The number of nitrogens with zero attached hydrogens (tertiary/aromatic N) is 1. The largest absolute Gasteiger partial charge is 0.452 e. The van der Waals surface area contributed by atoms with Crippen molar-refractivity contribution >= 4 is 29.4 Å². The molecule has 0 aromatic heterocycles. The van der Waals surface area contributed by atoms with Crippen molar-refractivity contribution in [3.8, 4) is 0 Å². The molecule has 1 heterocycles. The van der Waals surface area contributed by atoms with Crippen molar-refractivity contribution in [2.24, 2.45) is 0 Å². The minimum absolute atomic E-state index is 0.0344. The van der Waals surface area contributed by atoms with Gasteiger partial charge < -0.3 is 20.3 Å². The van der Waals surface area contributed by atoms with E-state index in [1.54, 1.807) is 29.2 Å². The highest BCUT2D eigenvalue weighted by molar-refractivity contribution is 5.95. The number of halogens is 2. The molecule has 0 unspecified atom stereocenters. The molecule has 1 saturated heterocycles. The summed E-state index contributed by atoms with van der Waals surface area (Å²) in [4.78, 5) is 49.1. The standard InChI is InChI=1S/C22H21F2N3O5/c23-17-8-7-16(10-18(17)24)26-19(28)11-25-20(29)13-32-22(31)15-5-3-14(4-6-15)12-27-9-1-2-21(27)30/h3-8,10H,1-2,9,11-13H2,(H,25,29)(H,26,28). The Kier molecular flexibility index (Phi) is 7.48. The zero-order valence-corrected chi connectivity index (χ0v) is 17.0. The van der Waals surface area contributed by atoms with E-state index in [9.17, 15) is 28.0 Å². The quantitative estimate of drug-likeness (QED) is 0.605. The molecule has 168 valence electrons. The maximum atomic E-state index is 13.1. The van der Waals surface area contributed by atoms with Crippen LogP contribution >= 0.6 is 0 Å². The smallest absolute Gasteiger partial charge is 0.338 e. The Morgan fingerprint density at radius 1 is 1.00 bits per heavy atom. The van der Waals surface area contributed by atoms with Gasteiger partial charge in [0.25, 0.3) is 5.91 Å². The van der Waals surface area contributed by atoms with Crippen molar-refractivity contribution in [2.45, 2.75) is 19.4 Å². The van der Waals surface area contributed by atoms with Gasteiger partial charge in [-0.25, -0.2) is 13.6 Å². The van der Waals surface area contributed by atoms with Crippen LogP contribution in [0.2, 0.25) is 0 Å². The fourth-order valence-electron chi connectivity index (χ4n) is 3.06. The fraction of sp³-hybridized carbons (Fsp3) is 0.273. The average Bonchev–Trinajstić information content (AvgIpc) is 3.18. The molecule has 1 aliphatic rings. The third-order valence-corrected chi connectivity index (χ3v) is 4.72. The molecule has 0 atom stereocenters. The number of benzene rings is 2. The predicted molar refractivity (Wildman–Crippen MR) is 109 cm³/mol. The van der Waals surface area contributed by atoms with E-state index in [2.05, 4.69) is 10.6 Å². The Balaban J connectivity index is 1.39. The summed E-state index contributed by atoms with van der Waals surface area (Å²) >= 11 is 0. The lowest BCUT2D eigenvalue weighted by Crippen LogP contribution is -2.35. The monoisotopic (exact) mass is 445 g/mol. The Bertz CT molecular complexity index is 1030. The van der Waals surface area contributed by atoms with Crippen molar-refractivity contribution in [2.75, 3.05) is 25.0 Å². The van der Waals surface area contributed by atoms with E-state index >= 15 is 0 Å². The first-order chi connectivity index (χ1) is 15.3. The van der Waals surface area contributed by atoms with Gasteiger partial charge in [-0.3, -0.25) is 14.4 Å². The summed E-state index contributed by atoms with van der Waals surface area (Å²) in [6, 6.07) is 9.37. The lowest BCUT2D eigenvalue weighted by Gasteiger charge is -2.15. The Morgan fingerprint density at radius 2 is 1.75 bits per heavy atom. The van der Waals surface area contributed by atoms with E-state index < -0.39 is 42.6 Å². The van der Waals surface area contributed by atoms with Gasteiger partial charge in [0, 0.05) is 31.3 Å². The lowest BCUT2D eigenvalue weighted by molar-refractivity contribution is -0.128. The second kappa shape index (κ2) is 10.5. The van der Waals surface area contributed by atoms with E-state index in [4.69, 9.17) is 4.74 Å². The van der Waals surface area contributed by atoms with Crippen LogP contribution in [0.1, 0.15) is 28.8 Å². The lowest BCUT2D eigenvalue weighted by atomic mass is 10.1. The molecular weight excluding hydrogens is 424 g/mol. The number of hydrogen-bond acceptors (Lipinski definition) is 5. The van der Waals surface area contributed by atoms with Crippen LogP contribution in [0, 0.1) is 11.6 Å². The minimum atomic E-state index is -1.11. The van der Waals surface area contributed by atoms with Crippen LogP contribution in [-0.4, -0.2) is 48.3 Å². The summed E-state index contributed by atoms with van der Waals surface area (Å²) in [5, 5.41) is 4.55. The molecule has 2 aromatic rings. The number of ether oxygens (including phenoxy) is 1. The molecule has 0 radical (unpaired) electrons. The summed E-state index contributed by atoms with van der Waals surface area (Å²) in [6.45, 7) is 0.153. The first kappa shape index (κ1) is 22.9. The van der Waals surface area contributed by atoms with Gasteiger partial charge in [0.1, 0.15) is 0 Å². The minimum Gasteiger partial charge on any atom is -0.452 e. The number of amides is 3. The number of nitrogens with one attached hydrogen (secondary N) is 2. The van der Waals surface area contributed by atoms with Crippen LogP contribution < -0.4 is 10.6 Å². The molecule has 10 heteroatoms. The topological polar surface area (TPSA) is 105 Å². The molecule has 3 amide bonds. The number of likely N-dealkylation sites (tertiary alicyclic amines) is 1. The van der Waals surface area contributed by atoms with Gasteiger partial charge in [-0.2, -0.15) is 0 Å². The maximum Gasteiger partial charge on any atom is 0.338 e. The molecule has 0 saturated carbocycles. The van der Waals surface area contributed by atoms with Crippen LogP contribution in [0.5, 0.6) is 0 Å². The highest BCUT2D eigenvalue weighted by atomic mass is 19.2. The Hall–Kier alpha value is -3.82. The average molecular weight is 445 g/mol. The normalized spacial score (nSPS) is 13.1. The molecule has 0 spiro atoms. The van der Waals surface area contributed by atoms with Gasteiger partial charge in [0.2, 0.25) is 11.8 Å². The van der Waals surface area contributed by atoms with E-state index in [-0.39, 0.29) is 17.2 Å². The van der Waals surface area contributed by atoms with E-state index in [1.165, 1.54) is 6.07 Å². The number of hydrogen-bond donors (Lipinski definition) is 2. The first-order valence-corrected chi connectivity index (χ1v) is 9.87.